The van der Waals surface area contributed by atoms with E-state index in [1.54, 1.807) is 30.6 Å². The summed E-state index contributed by atoms with van der Waals surface area (Å²) in [5.41, 5.74) is 5.12. The van der Waals surface area contributed by atoms with E-state index < -0.39 is 0 Å². The van der Waals surface area contributed by atoms with Gasteiger partial charge in [0.1, 0.15) is 17.2 Å². The highest BCUT2D eigenvalue weighted by molar-refractivity contribution is 5.99. The van der Waals surface area contributed by atoms with Gasteiger partial charge in [0, 0.05) is 6.20 Å². The molecular formula is C21H20N4O2. The third-order valence-electron chi connectivity index (χ3n) is 3.55. The highest BCUT2D eigenvalue weighted by atomic mass is 16.5. The van der Waals surface area contributed by atoms with Crippen LogP contribution in [0.15, 0.2) is 83.0 Å². The van der Waals surface area contributed by atoms with Crippen molar-refractivity contribution in [2.24, 2.45) is 10.1 Å². The van der Waals surface area contributed by atoms with Crippen molar-refractivity contribution < 1.29 is 9.84 Å². The number of phenolic OH excluding ortho intramolecular Hbond substituents is 1. The number of rotatable bonds is 6. The van der Waals surface area contributed by atoms with Crippen LogP contribution >= 0.6 is 0 Å². The van der Waals surface area contributed by atoms with Crippen LogP contribution in [-0.2, 0) is 0 Å². The number of benzene rings is 2. The number of amidine groups is 1. The van der Waals surface area contributed by atoms with Crippen LogP contribution in [0.3, 0.4) is 0 Å². The molecule has 0 bridgehead atoms. The third kappa shape index (κ3) is 5.40. The molecule has 1 aromatic heterocycles. The summed E-state index contributed by atoms with van der Waals surface area (Å²) in [6, 6.07) is 19.9. The molecule has 0 atom stereocenters. The van der Waals surface area contributed by atoms with Crippen LogP contribution in [0.1, 0.15) is 18.2 Å². The lowest BCUT2D eigenvalue weighted by Gasteiger charge is -2.06. The zero-order valence-corrected chi connectivity index (χ0v) is 14.9. The zero-order valence-electron chi connectivity index (χ0n) is 14.9. The van der Waals surface area contributed by atoms with E-state index in [4.69, 9.17) is 4.74 Å². The number of hydrogen-bond acceptors (Lipinski definition) is 5. The maximum absolute atomic E-state index is 9.53. The van der Waals surface area contributed by atoms with Crippen molar-refractivity contribution in [1.29, 1.82) is 0 Å². The fourth-order valence-electron chi connectivity index (χ4n) is 2.33. The second kappa shape index (κ2) is 9.15. The van der Waals surface area contributed by atoms with Gasteiger partial charge in [0.2, 0.25) is 0 Å². The van der Waals surface area contributed by atoms with Crippen LogP contribution in [0.2, 0.25) is 0 Å². The monoisotopic (exact) mass is 360 g/mol. The first-order valence-corrected chi connectivity index (χ1v) is 8.55. The van der Waals surface area contributed by atoms with Crippen molar-refractivity contribution >= 4 is 17.7 Å². The van der Waals surface area contributed by atoms with Crippen molar-refractivity contribution in [2.45, 2.75) is 6.92 Å². The lowest BCUT2D eigenvalue weighted by molar-refractivity contribution is 0.340. The summed E-state index contributed by atoms with van der Waals surface area (Å²) in [7, 11) is 0. The van der Waals surface area contributed by atoms with Crippen LogP contribution in [0.5, 0.6) is 11.5 Å². The van der Waals surface area contributed by atoms with Crippen molar-refractivity contribution in [3.63, 3.8) is 0 Å². The molecule has 1 heterocycles. The minimum absolute atomic E-state index is 0.187. The van der Waals surface area contributed by atoms with Gasteiger partial charge in [-0.1, -0.05) is 18.2 Å². The summed E-state index contributed by atoms with van der Waals surface area (Å²) >= 11 is 0. The van der Waals surface area contributed by atoms with E-state index in [-0.39, 0.29) is 5.75 Å². The van der Waals surface area contributed by atoms with Gasteiger partial charge in [-0.3, -0.25) is 10.4 Å². The van der Waals surface area contributed by atoms with Gasteiger partial charge in [-0.25, -0.2) is 4.99 Å². The lowest BCUT2D eigenvalue weighted by Crippen LogP contribution is -2.20. The molecule has 0 spiro atoms. The topological polar surface area (TPSA) is 79.1 Å². The predicted octanol–water partition coefficient (Wildman–Crippen LogP) is 3.89. The number of hydrazone groups is 1. The van der Waals surface area contributed by atoms with Crippen LogP contribution in [0, 0.1) is 0 Å². The van der Waals surface area contributed by atoms with Gasteiger partial charge in [0.05, 0.1) is 18.5 Å². The first-order valence-electron chi connectivity index (χ1n) is 8.55. The molecule has 136 valence electrons. The van der Waals surface area contributed by atoms with Gasteiger partial charge in [0.15, 0.2) is 5.84 Å². The Morgan fingerprint density at radius 2 is 1.96 bits per heavy atom. The van der Waals surface area contributed by atoms with E-state index in [2.05, 4.69) is 20.5 Å². The standard InChI is InChI=1S/C21H20N4O2/c1-2-27-19-11-9-17(10-12-19)24-21(20-8-3-4-13-22-20)25-23-15-16-6-5-7-18(26)14-16/h3-15,26H,2H2,1H3,(H,24,25). The second-order valence-corrected chi connectivity index (χ2v) is 5.57. The molecule has 0 fully saturated rings. The molecule has 6 nitrogen and oxygen atoms in total. The maximum Gasteiger partial charge on any atom is 0.172 e. The smallest absolute Gasteiger partial charge is 0.172 e. The Labute approximate surface area is 157 Å². The van der Waals surface area contributed by atoms with Crippen LogP contribution in [0.25, 0.3) is 0 Å². The quantitative estimate of drug-likeness (QED) is 0.397. The van der Waals surface area contributed by atoms with Gasteiger partial charge in [-0.15, -0.1) is 0 Å². The Morgan fingerprint density at radius 1 is 1.11 bits per heavy atom. The number of aromatic hydroxyl groups is 1. The lowest BCUT2D eigenvalue weighted by atomic mass is 10.2. The Hall–Kier alpha value is -3.67. The summed E-state index contributed by atoms with van der Waals surface area (Å²) in [6.07, 6.45) is 3.31. The summed E-state index contributed by atoms with van der Waals surface area (Å²) in [6.45, 7) is 2.56. The Bertz CT molecular complexity index is 922. The van der Waals surface area contributed by atoms with Crippen molar-refractivity contribution in [2.75, 3.05) is 6.61 Å². The first kappa shape index (κ1) is 18.1. The summed E-state index contributed by atoms with van der Waals surface area (Å²) < 4.78 is 5.45. The van der Waals surface area contributed by atoms with Gasteiger partial charge in [-0.2, -0.15) is 5.10 Å². The number of nitrogens with zero attached hydrogens (tertiary/aromatic N) is 3. The number of phenols is 1. The van der Waals surface area contributed by atoms with E-state index in [0.717, 1.165) is 17.0 Å². The Kier molecular flexibility index (Phi) is 6.14. The van der Waals surface area contributed by atoms with E-state index in [1.165, 1.54) is 0 Å². The highest BCUT2D eigenvalue weighted by Crippen LogP contribution is 2.19. The average Bonchev–Trinajstić information content (AvgIpc) is 2.70. The van der Waals surface area contributed by atoms with Crippen LogP contribution in [-0.4, -0.2) is 28.7 Å². The molecule has 2 aromatic carbocycles. The SMILES string of the molecule is CCOc1ccc(N=C(NN=Cc2cccc(O)c2)c2ccccn2)cc1. The fraction of sp³-hybridized carbons (Fsp3) is 0.0952. The van der Waals surface area contributed by atoms with Gasteiger partial charge in [0.25, 0.3) is 0 Å². The molecule has 3 aromatic rings. The summed E-state index contributed by atoms with van der Waals surface area (Å²) in [5, 5.41) is 13.7. The summed E-state index contributed by atoms with van der Waals surface area (Å²) in [5.74, 6) is 1.49. The fourth-order valence-corrected chi connectivity index (χ4v) is 2.33. The first-order chi connectivity index (χ1) is 13.2. The highest BCUT2D eigenvalue weighted by Gasteiger charge is 2.04. The molecule has 0 aliphatic heterocycles. The normalized spacial score (nSPS) is 11.5. The van der Waals surface area contributed by atoms with Gasteiger partial charge < -0.3 is 9.84 Å². The molecule has 0 unspecified atom stereocenters. The number of aromatic nitrogens is 1. The minimum atomic E-state index is 0.187. The zero-order chi connectivity index (χ0) is 18.9. The third-order valence-corrected chi connectivity index (χ3v) is 3.55. The van der Waals surface area contributed by atoms with E-state index in [1.807, 2.05) is 55.5 Å². The number of ether oxygens (including phenoxy) is 1. The van der Waals surface area contributed by atoms with Crippen LogP contribution in [0.4, 0.5) is 5.69 Å². The molecule has 0 saturated carbocycles. The maximum atomic E-state index is 9.53. The van der Waals surface area contributed by atoms with Gasteiger partial charge in [-0.05, 0) is 61.0 Å². The number of nitrogens with one attached hydrogen (secondary N) is 1. The largest absolute Gasteiger partial charge is 0.508 e. The predicted molar refractivity (Wildman–Crippen MR) is 107 cm³/mol. The average molecular weight is 360 g/mol. The van der Waals surface area contributed by atoms with E-state index >= 15 is 0 Å². The molecule has 27 heavy (non-hydrogen) atoms. The molecule has 0 saturated heterocycles. The van der Waals surface area contributed by atoms with E-state index in [0.29, 0.717) is 18.1 Å². The van der Waals surface area contributed by atoms with Gasteiger partial charge >= 0.3 is 0 Å². The molecular weight excluding hydrogens is 340 g/mol. The molecule has 0 aliphatic carbocycles. The van der Waals surface area contributed by atoms with E-state index in [9.17, 15) is 5.11 Å². The molecule has 0 radical (unpaired) electrons. The van der Waals surface area contributed by atoms with Crippen LogP contribution < -0.4 is 10.2 Å². The molecule has 0 amide bonds. The number of pyridine rings is 1. The van der Waals surface area contributed by atoms with Crippen molar-refractivity contribution in [1.82, 2.24) is 10.4 Å². The minimum Gasteiger partial charge on any atom is -0.508 e. The van der Waals surface area contributed by atoms with Crippen molar-refractivity contribution in [3.8, 4) is 11.5 Å². The Balaban J connectivity index is 1.83. The summed E-state index contributed by atoms with van der Waals surface area (Å²) in [4.78, 5) is 8.93. The molecule has 0 aliphatic rings. The molecule has 2 N–H and O–H groups in total. The number of hydrogen-bond donors (Lipinski definition) is 2. The second-order valence-electron chi connectivity index (χ2n) is 5.57. The van der Waals surface area contributed by atoms with Crippen molar-refractivity contribution in [3.05, 3.63) is 84.2 Å². The number of aliphatic imine (C=N–C) groups is 1. The molecule has 6 heteroatoms. The molecule has 3 rings (SSSR count). The Morgan fingerprint density at radius 3 is 2.67 bits per heavy atom.